The van der Waals surface area contributed by atoms with Crippen LogP contribution in [0.3, 0.4) is 0 Å². The normalized spacial score (nSPS) is 20.3. The molecule has 2 N–H and O–H groups in total. The number of benzene rings is 1. The smallest absolute Gasteiger partial charge is 0.225 e. The third-order valence-corrected chi connectivity index (χ3v) is 3.88. The molecule has 1 aromatic carbocycles. The van der Waals surface area contributed by atoms with Crippen molar-refractivity contribution < 1.29 is 13.9 Å². The van der Waals surface area contributed by atoms with Gasteiger partial charge in [-0.15, -0.1) is 0 Å². The summed E-state index contributed by atoms with van der Waals surface area (Å²) < 4.78 is 18.7. The Morgan fingerprint density at radius 2 is 2.19 bits per heavy atom. The number of morpholine rings is 1. The number of nitrogens with two attached hydrogens (primary N) is 1. The van der Waals surface area contributed by atoms with Crippen LogP contribution >= 0.6 is 0 Å². The van der Waals surface area contributed by atoms with E-state index in [1.165, 1.54) is 12.1 Å². The van der Waals surface area contributed by atoms with Crippen LogP contribution in [0, 0.1) is 11.7 Å². The molecule has 1 aromatic rings. The first-order valence-corrected chi connectivity index (χ1v) is 7.47. The second-order valence-corrected chi connectivity index (χ2v) is 5.53. The van der Waals surface area contributed by atoms with E-state index in [2.05, 4.69) is 0 Å². The molecule has 21 heavy (non-hydrogen) atoms. The van der Waals surface area contributed by atoms with E-state index in [0.29, 0.717) is 26.2 Å². The maximum atomic E-state index is 13.0. The van der Waals surface area contributed by atoms with Crippen molar-refractivity contribution in [2.45, 2.75) is 25.9 Å². The lowest BCUT2D eigenvalue weighted by Crippen LogP contribution is -2.44. The second-order valence-electron chi connectivity index (χ2n) is 5.53. The summed E-state index contributed by atoms with van der Waals surface area (Å²) in [5.41, 5.74) is 6.40. The lowest BCUT2D eigenvalue weighted by Gasteiger charge is -2.34. The van der Waals surface area contributed by atoms with E-state index in [-0.39, 0.29) is 23.7 Å². The van der Waals surface area contributed by atoms with Gasteiger partial charge in [-0.05, 0) is 37.1 Å². The third kappa shape index (κ3) is 4.25. The Balaban J connectivity index is 1.97. The van der Waals surface area contributed by atoms with Gasteiger partial charge in [-0.1, -0.05) is 19.1 Å². The average molecular weight is 294 g/mol. The molecule has 1 aliphatic rings. The van der Waals surface area contributed by atoms with Gasteiger partial charge in [-0.3, -0.25) is 4.79 Å². The highest BCUT2D eigenvalue weighted by Gasteiger charge is 2.27. The van der Waals surface area contributed by atoms with Crippen molar-refractivity contribution in [3.8, 4) is 0 Å². The molecule has 0 bridgehead atoms. The molecule has 0 aromatic heterocycles. The van der Waals surface area contributed by atoms with E-state index in [4.69, 9.17) is 10.5 Å². The molecule has 4 nitrogen and oxygen atoms in total. The molecular weight excluding hydrogens is 271 g/mol. The summed E-state index contributed by atoms with van der Waals surface area (Å²) in [5, 5.41) is 0. The zero-order chi connectivity index (χ0) is 15.2. The lowest BCUT2D eigenvalue weighted by molar-refractivity contribution is -0.143. The fraction of sp³-hybridized carbons (Fsp3) is 0.562. The highest BCUT2D eigenvalue weighted by Crippen LogP contribution is 2.24. The molecule has 1 saturated heterocycles. The molecule has 2 rings (SSSR count). The van der Waals surface area contributed by atoms with Gasteiger partial charge in [0.1, 0.15) is 11.9 Å². The van der Waals surface area contributed by atoms with Crippen LogP contribution < -0.4 is 5.73 Å². The van der Waals surface area contributed by atoms with Crippen LogP contribution in [-0.4, -0.2) is 37.0 Å². The van der Waals surface area contributed by atoms with Crippen molar-refractivity contribution in [2.75, 3.05) is 26.2 Å². The highest BCUT2D eigenvalue weighted by atomic mass is 19.1. The topological polar surface area (TPSA) is 55.6 Å². The summed E-state index contributed by atoms with van der Waals surface area (Å²) in [6, 6.07) is 6.27. The quantitative estimate of drug-likeness (QED) is 0.905. The molecule has 116 valence electrons. The van der Waals surface area contributed by atoms with Crippen molar-refractivity contribution in [1.29, 1.82) is 0 Å². The van der Waals surface area contributed by atoms with Crippen molar-refractivity contribution in [1.82, 2.24) is 4.90 Å². The molecule has 1 amide bonds. The van der Waals surface area contributed by atoms with Crippen LogP contribution in [0.1, 0.15) is 31.4 Å². The summed E-state index contributed by atoms with van der Waals surface area (Å²) in [5.74, 6) is -0.128. The van der Waals surface area contributed by atoms with Crippen LogP contribution in [-0.2, 0) is 9.53 Å². The first kappa shape index (κ1) is 15.9. The van der Waals surface area contributed by atoms with Gasteiger partial charge in [0.15, 0.2) is 0 Å². The fourth-order valence-corrected chi connectivity index (χ4v) is 2.59. The molecule has 5 heteroatoms. The predicted molar refractivity (Wildman–Crippen MR) is 79.1 cm³/mol. The summed E-state index contributed by atoms with van der Waals surface area (Å²) in [6.45, 7) is 4.21. The molecule has 2 atom stereocenters. The first-order chi connectivity index (χ1) is 10.1. The minimum Gasteiger partial charge on any atom is -0.370 e. The number of hydrogen-bond donors (Lipinski definition) is 1. The van der Waals surface area contributed by atoms with Crippen molar-refractivity contribution in [3.63, 3.8) is 0 Å². The summed E-state index contributed by atoms with van der Waals surface area (Å²) in [6.07, 6.45) is 1.50. The van der Waals surface area contributed by atoms with Crippen LogP contribution in [0.2, 0.25) is 0 Å². The number of nitrogens with zero attached hydrogens (tertiary/aromatic N) is 1. The fourth-order valence-electron chi connectivity index (χ4n) is 2.59. The lowest BCUT2D eigenvalue weighted by atomic mass is 10.0. The van der Waals surface area contributed by atoms with Gasteiger partial charge in [0.05, 0.1) is 13.2 Å². The number of hydrogen-bond acceptors (Lipinski definition) is 3. The largest absolute Gasteiger partial charge is 0.370 e. The van der Waals surface area contributed by atoms with E-state index < -0.39 is 0 Å². The van der Waals surface area contributed by atoms with Crippen molar-refractivity contribution >= 4 is 5.91 Å². The summed E-state index contributed by atoms with van der Waals surface area (Å²) in [4.78, 5) is 14.3. The number of carbonyl (C=O) groups excluding carboxylic acids is 1. The van der Waals surface area contributed by atoms with E-state index in [1.807, 2.05) is 11.8 Å². The highest BCUT2D eigenvalue weighted by molar-refractivity contribution is 5.78. The van der Waals surface area contributed by atoms with Crippen LogP contribution in [0.4, 0.5) is 4.39 Å². The van der Waals surface area contributed by atoms with Crippen LogP contribution in [0.25, 0.3) is 0 Å². The number of halogens is 1. The number of carbonyl (C=O) groups is 1. The molecule has 1 fully saturated rings. The van der Waals surface area contributed by atoms with Gasteiger partial charge in [0.2, 0.25) is 5.91 Å². The van der Waals surface area contributed by atoms with E-state index in [9.17, 15) is 9.18 Å². The van der Waals surface area contributed by atoms with Crippen LogP contribution in [0.15, 0.2) is 24.3 Å². The number of amides is 1. The van der Waals surface area contributed by atoms with Gasteiger partial charge in [0, 0.05) is 12.5 Å². The number of ether oxygens (including phenoxy) is 1. The summed E-state index contributed by atoms with van der Waals surface area (Å²) in [7, 11) is 0. The van der Waals surface area contributed by atoms with Gasteiger partial charge in [0.25, 0.3) is 0 Å². The SMILES string of the molecule is CC(CCCN)C(=O)N1CCOC(c2ccc(F)cc2)C1. The predicted octanol–water partition coefficient (Wildman–Crippen LogP) is 2.10. The summed E-state index contributed by atoms with van der Waals surface area (Å²) >= 11 is 0. The maximum Gasteiger partial charge on any atom is 0.225 e. The van der Waals surface area contributed by atoms with Gasteiger partial charge >= 0.3 is 0 Å². The average Bonchev–Trinajstić information content (AvgIpc) is 2.52. The zero-order valence-electron chi connectivity index (χ0n) is 12.4. The van der Waals surface area contributed by atoms with Crippen molar-refractivity contribution in [3.05, 3.63) is 35.6 Å². The molecule has 0 spiro atoms. The van der Waals surface area contributed by atoms with E-state index >= 15 is 0 Å². The van der Waals surface area contributed by atoms with Gasteiger partial charge in [-0.25, -0.2) is 4.39 Å². The maximum absolute atomic E-state index is 13.0. The van der Waals surface area contributed by atoms with E-state index in [1.54, 1.807) is 12.1 Å². The standard InChI is InChI=1S/C16H23FN2O2/c1-12(3-2-8-18)16(20)19-9-10-21-15(11-19)13-4-6-14(17)7-5-13/h4-7,12,15H,2-3,8-11,18H2,1H3. The Morgan fingerprint density at radius 3 is 2.86 bits per heavy atom. The molecule has 0 radical (unpaired) electrons. The minimum atomic E-state index is -0.266. The number of rotatable bonds is 5. The zero-order valence-corrected chi connectivity index (χ0v) is 12.4. The Bertz CT molecular complexity index is 464. The van der Waals surface area contributed by atoms with Gasteiger partial charge in [-0.2, -0.15) is 0 Å². The van der Waals surface area contributed by atoms with Gasteiger partial charge < -0.3 is 15.4 Å². The molecule has 2 unspecified atom stereocenters. The third-order valence-electron chi connectivity index (χ3n) is 3.88. The second kappa shape index (κ2) is 7.52. The Hall–Kier alpha value is -1.46. The molecular formula is C16H23FN2O2. The monoisotopic (exact) mass is 294 g/mol. The van der Waals surface area contributed by atoms with Crippen LogP contribution in [0.5, 0.6) is 0 Å². The Labute approximate surface area is 125 Å². The molecule has 0 aliphatic carbocycles. The molecule has 0 saturated carbocycles. The van der Waals surface area contributed by atoms with E-state index in [0.717, 1.165) is 18.4 Å². The minimum absolute atomic E-state index is 0.0134. The first-order valence-electron chi connectivity index (χ1n) is 7.47. The molecule has 1 aliphatic heterocycles. The Kier molecular flexibility index (Phi) is 5.70. The van der Waals surface area contributed by atoms with Crippen molar-refractivity contribution in [2.24, 2.45) is 11.7 Å². The Morgan fingerprint density at radius 1 is 1.48 bits per heavy atom. The molecule has 1 heterocycles.